The molecule has 1 rings (SSSR count). The first-order valence-electron chi connectivity index (χ1n) is 6.86. The first kappa shape index (κ1) is 15.9. The number of ether oxygens (including phenoxy) is 1. The fraction of sp³-hybridized carbons (Fsp3) is 0.667. The lowest BCUT2D eigenvalue weighted by Crippen LogP contribution is -2.32. The Labute approximate surface area is 115 Å². The predicted molar refractivity (Wildman–Crippen MR) is 75.7 cm³/mol. The molecule has 0 aromatic heterocycles. The third-order valence-corrected chi connectivity index (χ3v) is 3.36. The minimum Gasteiger partial charge on any atom is -0.389 e. The molecule has 0 saturated carbocycles. The van der Waals surface area contributed by atoms with E-state index in [-0.39, 0.29) is 17.9 Å². The Kier molecular flexibility index (Phi) is 6.81. The SMILES string of the molecule is COC1C=CCCCC(=O)NCC(C)=CC(C)C1O. The Hall–Kier alpha value is -1.13. The van der Waals surface area contributed by atoms with E-state index in [1.807, 2.05) is 32.1 Å². The summed E-state index contributed by atoms with van der Waals surface area (Å²) in [5.74, 6) is 0.0594. The lowest BCUT2D eigenvalue weighted by Gasteiger charge is -2.23. The Morgan fingerprint density at radius 3 is 2.89 bits per heavy atom. The predicted octanol–water partition coefficient (Wildman–Crippen LogP) is 1.80. The zero-order chi connectivity index (χ0) is 14.3. The van der Waals surface area contributed by atoms with Gasteiger partial charge in [0, 0.05) is 26.0 Å². The van der Waals surface area contributed by atoms with Crippen molar-refractivity contribution in [1.29, 1.82) is 0 Å². The summed E-state index contributed by atoms with van der Waals surface area (Å²) in [6.07, 6.45) is 7.15. The standard InChI is InChI=1S/C15H25NO3/c1-11-9-12(2)15(18)13(19-3)7-5-4-6-8-14(17)16-10-11/h5,7,9,12-13,15,18H,4,6,8,10H2,1-3H3,(H,16,17). The summed E-state index contributed by atoms with van der Waals surface area (Å²) in [6.45, 7) is 4.46. The lowest BCUT2D eigenvalue weighted by molar-refractivity contribution is -0.121. The van der Waals surface area contributed by atoms with Gasteiger partial charge in [-0.25, -0.2) is 0 Å². The van der Waals surface area contributed by atoms with Crippen molar-refractivity contribution >= 4 is 5.91 Å². The van der Waals surface area contributed by atoms with Gasteiger partial charge in [-0.05, 0) is 19.8 Å². The van der Waals surface area contributed by atoms with E-state index < -0.39 is 6.10 Å². The molecule has 0 aliphatic carbocycles. The number of rotatable bonds is 1. The first-order chi connectivity index (χ1) is 9.04. The van der Waals surface area contributed by atoms with Crippen LogP contribution in [-0.4, -0.2) is 36.9 Å². The van der Waals surface area contributed by atoms with Crippen LogP contribution in [0.1, 0.15) is 33.1 Å². The van der Waals surface area contributed by atoms with E-state index in [1.165, 1.54) is 0 Å². The van der Waals surface area contributed by atoms with Gasteiger partial charge in [-0.1, -0.05) is 30.7 Å². The van der Waals surface area contributed by atoms with Crippen LogP contribution in [0.25, 0.3) is 0 Å². The van der Waals surface area contributed by atoms with E-state index in [0.29, 0.717) is 13.0 Å². The number of nitrogens with one attached hydrogen (secondary N) is 1. The van der Waals surface area contributed by atoms with Crippen molar-refractivity contribution in [1.82, 2.24) is 5.32 Å². The van der Waals surface area contributed by atoms with E-state index in [9.17, 15) is 9.90 Å². The normalized spacial score (nSPS) is 30.6. The molecule has 19 heavy (non-hydrogen) atoms. The molecule has 0 aromatic rings. The topological polar surface area (TPSA) is 58.6 Å². The molecule has 0 aromatic carbocycles. The van der Waals surface area contributed by atoms with Crippen LogP contribution in [0.4, 0.5) is 0 Å². The molecule has 108 valence electrons. The quantitative estimate of drug-likeness (QED) is 0.712. The van der Waals surface area contributed by atoms with Gasteiger partial charge in [-0.2, -0.15) is 0 Å². The van der Waals surface area contributed by atoms with Crippen molar-refractivity contribution in [2.24, 2.45) is 5.92 Å². The van der Waals surface area contributed by atoms with Crippen LogP contribution in [-0.2, 0) is 9.53 Å². The van der Waals surface area contributed by atoms with Crippen LogP contribution in [0, 0.1) is 5.92 Å². The summed E-state index contributed by atoms with van der Waals surface area (Å²) in [7, 11) is 1.60. The van der Waals surface area contributed by atoms with Gasteiger partial charge in [-0.15, -0.1) is 0 Å². The van der Waals surface area contributed by atoms with Crippen LogP contribution in [0.3, 0.4) is 0 Å². The lowest BCUT2D eigenvalue weighted by atomic mass is 9.96. The molecule has 1 aliphatic rings. The number of hydrogen-bond donors (Lipinski definition) is 2. The minimum atomic E-state index is -0.576. The van der Waals surface area contributed by atoms with Crippen molar-refractivity contribution in [3.05, 3.63) is 23.8 Å². The van der Waals surface area contributed by atoms with Gasteiger partial charge in [0.1, 0.15) is 6.10 Å². The van der Waals surface area contributed by atoms with Crippen LogP contribution in [0.15, 0.2) is 23.8 Å². The number of hydrogen-bond acceptors (Lipinski definition) is 3. The molecule has 0 radical (unpaired) electrons. The van der Waals surface area contributed by atoms with Crippen molar-refractivity contribution in [2.75, 3.05) is 13.7 Å². The molecule has 4 heteroatoms. The Balaban J connectivity index is 2.82. The zero-order valence-corrected chi connectivity index (χ0v) is 12.1. The maximum atomic E-state index is 11.6. The molecule has 0 bridgehead atoms. The second kappa shape index (κ2) is 8.12. The molecule has 3 atom stereocenters. The maximum Gasteiger partial charge on any atom is 0.220 e. The molecule has 2 N–H and O–H groups in total. The molecular formula is C15H25NO3. The molecule has 3 unspecified atom stereocenters. The van der Waals surface area contributed by atoms with E-state index in [2.05, 4.69) is 5.32 Å². The van der Waals surface area contributed by atoms with Crippen LogP contribution in [0.2, 0.25) is 0 Å². The number of aliphatic hydroxyl groups is 1. The molecule has 0 saturated heterocycles. The van der Waals surface area contributed by atoms with Crippen molar-refractivity contribution in [3.8, 4) is 0 Å². The van der Waals surface area contributed by atoms with Crippen LogP contribution >= 0.6 is 0 Å². The third kappa shape index (κ3) is 5.57. The molecule has 1 aliphatic heterocycles. The van der Waals surface area contributed by atoms with Gasteiger partial charge < -0.3 is 15.2 Å². The van der Waals surface area contributed by atoms with E-state index in [1.54, 1.807) is 7.11 Å². The number of methoxy groups -OCH3 is 1. The highest BCUT2D eigenvalue weighted by Gasteiger charge is 2.21. The molecule has 1 heterocycles. The Morgan fingerprint density at radius 2 is 2.21 bits per heavy atom. The highest BCUT2D eigenvalue weighted by Crippen LogP contribution is 2.15. The van der Waals surface area contributed by atoms with Gasteiger partial charge in [0.25, 0.3) is 0 Å². The van der Waals surface area contributed by atoms with Gasteiger partial charge in [-0.3, -0.25) is 4.79 Å². The molecule has 1 amide bonds. The highest BCUT2D eigenvalue weighted by molar-refractivity contribution is 5.76. The molecule has 4 nitrogen and oxygen atoms in total. The number of amides is 1. The number of allylic oxidation sites excluding steroid dienone is 1. The third-order valence-electron chi connectivity index (χ3n) is 3.36. The number of carbonyl (C=O) groups is 1. The summed E-state index contributed by atoms with van der Waals surface area (Å²) in [6, 6.07) is 0. The largest absolute Gasteiger partial charge is 0.389 e. The summed E-state index contributed by atoms with van der Waals surface area (Å²) >= 11 is 0. The van der Waals surface area contributed by atoms with E-state index in [0.717, 1.165) is 18.4 Å². The highest BCUT2D eigenvalue weighted by atomic mass is 16.5. The molecule has 0 fully saturated rings. The van der Waals surface area contributed by atoms with Crippen molar-refractivity contribution in [2.45, 2.75) is 45.3 Å². The van der Waals surface area contributed by atoms with E-state index in [4.69, 9.17) is 4.74 Å². The van der Waals surface area contributed by atoms with Crippen LogP contribution in [0.5, 0.6) is 0 Å². The summed E-state index contributed by atoms with van der Waals surface area (Å²) < 4.78 is 5.32. The van der Waals surface area contributed by atoms with Gasteiger partial charge in [0.05, 0.1) is 6.10 Å². The first-order valence-corrected chi connectivity index (χ1v) is 6.86. The molecular weight excluding hydrogens is 242 g/mol. The van der Waals surface area contributed by atoms with Gasteiger partial charge in [0.15, 0.2) is 0 Å². The average Bonchev–Trinajstić information content (AvgIpc) is 2.39. The number of aliphatic hydroxyl groups excluding tert-OH is 1. The Bertz CT molecular complexity index is 349. The minimum absolute atomic E-state index is 0.0211. The number of carbonyl (C=O) groups excluding carboxylic acids is 1. The van der Waals surface area contributed by atoms with E-state index >= 15 is 0 Å². The monoisotopic (exact) mass is 267 g/mol. The zero-order valence-electron chi connectivity index (χ0n) is 12.1. The van der Waals surface area contributed by atoms with Gasteiger partial charge in [0.2, 0.25) is 5.91 Å². The fourth-order valence-electron chi connectivity index (χ4n) is 2.17. The second-order valence-corrected chi connectivity index (χ2v) is 5.16. The maximum absolute atomic E-state index is 11.6. The summed E-state index contributed by atoms with van der Waals surface area (Å²) in [5.41, 5.74) is 1.05. The summed E-state index contributed by atoms with van der Waals surface area (Å²) in [4.78, 5) is 11.6. The van der Waals surface area contributed by atoms with Crippen molar-refractivity contribution < 1.29 is 14.6 Å². The van der Waals surface area contributed by atoms with Gasteiger partial charge >= 0.3 is 0 Å². The summed E-state index contributed by atoms with van der Waals surface area (Å²) in [5, 5.41) is 13.1. The second-order valence-electron chi connectivity index (χ2n) is 5.16. The Morgan fingerprint density at radius 1 is 1.47 bits per heavy atom. The average molecular weight is 267 g/mol. The smallest absolute Gasteiger partial charge is 0.220 e. The van der Waals surface area contributed by atoms with Crippen molar-refractivity contribution in [3.63, 3.8) is 0 Å². The fourth-order valence-corrected chi connectivity index (χ4v) is 2.17. The van der Waals surface area contributed by atoms with Crippen LogP contribution < -0.4 is 5.32 Å². The molecule has 0 spiro atoms.